The molecule has 3 rings (SSSR count). The second kappa shape index (κ2) is 4.81. The van der Waals surface area contributed by atoms with Gasteiger partial charge in [0.1, 0.15) is 6.33 Å². The quantitative estimate of drug-likeness (QED) is 0.846. The van der Waals surface area contributed by atoms with Crippen LogP contribution in [0, 0.1) is 5.92 Å². The van der Waals surface area contributed by atoms with E-state index >= 15 is 0 Å². The number of nitrogens with one attached hydrogen (secondary N) is 2. The van der Waals surface area contributed by atoms with E-state index in [1.54, 1.807) is 6.33 Å². The third-order valence-electron chi connectivity index (χ3n) is 3.29. The predicted octanol–water partition coefficient (Wildman–Crippen LogP) is 0.640. The Balaban J connectivity index is 1.89. The monoisotopic (exact) mass is 257 g/mol. The fourth-order valence-electron chi connectivity index (χ4n) is 2.02. The molecule has 1 saturated heterocycles. The lowest BCUT2D eigenvalue weighted by atomic mass is 10.0. The van der Waals surface area contributed by atoms with Crippen molar-refractivity contribution in [2.24, 2.45) is 13.0 Å². The van der Waals surface area contributed by atoms with Gasteiger partial charge in [0.05, 0.1) is 11.6 Å². The van der Waals surface area contributed by atoms with E-state index in [4.69, 9.17) is 0 Å². The van der Waals surface area contributed by atoms with E-state index in [2.05, 4.69) is 20.8 Å². The number of anilines is 1. The Bertz CT molecular complexity index is 603. The molecule has 2 N–H and O–H groups in total. The molecular weight excluding hydrogens is 242 g/mol. The summed E-state index contributed by atoms with van der Waals surface area (Å²) in [6.45, 7) is 1.50. The largest absolute Gasteiger partial charge is 0.325 e. The van der Waals surface area contributed by atoms with Crippen LogP contribution in [-0.4, -0.2) is 33.8 Å². The van der Waals surface area contributed by atoms with Crippen LogP contribution in [0.4, 0.5) is 5.69 Å². The van der Waals surface area contributed by atoms with Gasteiger partial charge in [-0.05, 0) is 12.1 Å². The first kappa shape index (κ1) is 11.9. The van der Waals surface area contributed by atoms with E-state index in [0.29, 0.717) is 0 Å². The van der Waals surface area contributed by atoms with Gasteiger partial charge in [-0.3, -0.25) is 4.79 Å². The highest BCUT2D eigenvalue weighted by atomic mass is 16.2. The van der Waals surface area contributed by atoms with Crippen molar-refractivity contribution in [1.82, 2.24) is 20.1 Å². The Hall–Kier alpha value is -2.21. The van der Waals surface area contributed by atoms with Crippen LogP contribution >= 0.6 is 0 Å². The Kier molecular flexibility index (Phi) is 3.00. The van der Waals surface area contributed by atoms with Crippen molar-refractivity contribution >= 4 is 11.6 Å². The number of hydrogen-bond donors (Lipinski definition) is 2. The van der Waals surface area contributed by atoms with Crippen LogP contribution in [0.15, 0.2) is 30.6 Å². The number of aryl methyl sites for hydroxylation is 1. The average molecular weight is 257 g/mol. The summed E-state index contributed by atoms with van der Waals surface area (Å²) in [4.78, 5) is 12.0. The lowest BCUT2D eigenvalue weighted by Gasteiger charge is -2.26. The molecule has 1 fully saturated rings. The van der Waals surface area contributed by atoms with Gasteiger partial charge in [-0.2, -0.15) is 0 Å². The second-order valence-corrected chi connectivity index (χ2v) is 4.66. The van der Waals surface area contributed by atoms with Crippen molar-refractivity contribution in [3.05, 3.63) is 30.6 Å². The van der Waals surface area contributed by atoms with E-state index < -0.39 is 0 Å². The zero-order chi connectivity index (χ0) is 13.2. The summed E-state index contributed by atoms with van der Waals surface area (Å²) in [6, 6.07) is 7.63. The molecule has 1 aliphatic heterocycles. The number of amides is 1. The molecule has 0 atom stereocenters. The van der Waals surface area contributed by atoms with Crippen LogP contribution in [0.3, 0.4) is 0 Å². The van der Waals surface area contributed by atoms with Crippen LogP contribution in [0.25, 0.3) is 11.4 Å². The fraction of sp³-hybridized carbons (Fsp3) is 0.308. The highest BCUT2D eigenvalue weighted by Crippen LogP contribution is 2.26. The summed E-state index contributed by atoms with van der Waals surface area (Å²) in [7, 11) is 1.88. The molecule has 0 saturated carbocycles. The van der Waals surface area contributed by atoms with Gasteiger partial charge < -0.3 is 15.2 Å². The summed E-state index contributed by atoms with van der Waals surface area (Å²) in [5, 5.41) is 14.0. The van der Waals surface area contributed by atoms with E-state index in [9.17, 15) is 4.79 Å². The first-order valence-electron chi connectivity index (χ1n) is 6.20. The summed E-state index contributed by atoms with van der Waals surface area (Å²) < 4.78 is 1.83. The summed E-state index contributed by atoms with van der Waals surface area (Å²) in [5.74, 6) is 0.851. The molecule has 0 spiro atoms. The zero-order valence-corrected chi connectivity index (χ0v) is 10.6. The molecule has 6 heteroatoms. The predicted molar refractivity (Wildman–Crippen MR) is 71.4 cm³/mol. The first-order valence-corrected chi connectivity index (χ1v) is 6.20. The van der Waals surface area contributed by atoms with Crippen LogP contribution < -0.4 is 10.6 Å². The minimum atomic E-state index is 0.0494. The molecule has 1 amide bonds. The summed E-state index contributed by atoms with van der Waals surface area (Å²) in [5.41, 5.74) is 1.65. The third-order valence-corrected chi connectivity index (χ3v) is 3.29. The molecule has 2 aromatic rings. The third kappa shape index (κ3) is 2.22. The van der Waals surface area contributed by atoms with Gasteiger partial charge in [0.2, 0.25) is 5.91 Å². The van der Waals surface area contributed by atoms with E-state index in [1.807, 2.05) is 35.9 Å². The number of carbonyl (C=O) groups excluding carboxylic acids is 1. The van der Waals surface area contributed by atoms with Gasteiger partial charge >= 0.3 is 0 Å². The number of carbonyl (C=O) groups is 1. The smallest absolute Gasteiger partial charge is 0.230 e. The Morgan fingerprint density at radius 1 is 1.42 bits per heavy atom. The molecule has 0 radical (unpaired) electrons. The molecule has 1 aromatic carbocycles. The number of nitrogens with zero attached hydrogens (tertiary/aromatic N) is 3. The summed E-state index contributed by atoms with van der Waals surface area (Å²) in [6.07, 6.45) is 1.64. The maximum atomic E-state index is 12.0. The van der Waals surface area contributed by atoms with Gasteiger partial charge in [0, 0.05) is 25.7 Å². The zero-order valence-electron chi connectivity index (χ0n) is 10.6. The number of aromatic nitrogens is 3. The van der Waals surface area contributed by atoms with Crippen molar-refractivity contribution < 1.29 is 4.79 Å². The standard InChI is InChI=1S/C13H15N5O/c1-18-8-15-17-12(18)10-4-2-3-5-11(10)16-13(19)9-6-14-7-9/h2-5,8-9,14H,6-7H2,1H3,(H,16,19). The Morgan fingerprint density at radius 2 is 2.21 bits per heavy atom. The Morgan fingerprint density at radius 3 is 2.84 bits per heavy atom. The van der Waals surface area contributed by atoms with Crippen molar-refractivity contribution in [3.8, 4) is 11.4 Å². The Labute approximate surface area is 110 Å². The lowest BCUT2D eigenvalue weighted by Crippen LogP contribution is -2.48. The topological polar surface area (TPSA) is 71.8 Å². The number of rotatable bonds is 3. The molecular formula is C13H15N5O. The van der Waals surface area contributed by atoms with Gasteiger partial charge in [0.25, 0.3) is 0 Å². The first-order chi connectivity index (χ1) is 9.25. The number of para-hydroxylation sites is 1. The molecule has 1 aliphatic rings. The van der Waals surface area contributed by atoms with Crippen molar-refractivity contribution in [1.29, 1.82) is 0 Å². The molecule has 1 aromatic heterocycles. The maximum Gasteiger partial charge on any atom is 0.230 e. The van der Waals surface area contributed by atoms with Crippen molar-refractivity contribution in [2.75, 3.05) is 18.4 Å². The molecule has 0 bridgehead atoms. The molecule has 6 nitrogen and oxygen atoms in total. The minimum absolute atomic E-state index is 0.0494. The molecule has 0 aliphatic carbocycles. The summed E-state index contributed by atoms with van der Waals surface area (Å²) >= 11 is 0. The maximum absolute atomic E-state index is 12.0. The fourth-order valence-corrected chi connectivity index (χ4v) is 2.02. The SMILES string of the molecule is Cn1cnnc1-c1ccccc1NC(=O)C1CNC1. The number of hydrogen-bond acceptors (Lipinski definition) is 4. The average Bonchev–Trinajstić information content (AvgIpc) is 2.74. The van der Waals surface area contributed by atoms with E-state index in [-0.39, 0.29) is 11.8 Å². The second-order valence-electron chi connectivity index (χ2n) is 4.66. The van der Waals surface area contributed by atoms with E-state index in [1.165, 1.54) is 0 Å². The highest BCUT2D eigenvalue weighted by Gasteiger charge is 2.25. The minimum Gasteiger partial charge on any atom is -0.325 e. The van der Waals surface area contributed by atoms with Crippen molar-refractivity contribution in [2.45, 2.75) is 0 Å². The normalized spacial score (nSPS) is 15.0. The highest BCUT2D eigenvalue weighted by molar-refractivity contribution is 5.96. The van der Waals surface area contributed by atoms with Crippen molar-refractivity contribution in [3.63, 3.8) is 0 Å². The van der Waals surface area contributed by atoms with Crippen LogP contribution in [0.1, 0.15) is 0 Å². The van der Waals surface area contributed by atoms with Gasteiger partial charge in [-0.15, -0.1) is 10.2 Å². The lowest BCUT2D eigenvalue weighted by molar-refractivity contribution is -0.121. The molecule has 0 unspecified atom stereocenters. The van der Waals surface area contributed by atoms with Gasteiger partial charge in [0.15, 0.2) is 5.82 Å². The van der Waals surface area contributed by atoms with Crippen LogP contribution in [0.2, 0.25) is 0 Å². The van der Waals surface area contributed by atoms with Gasteiger partial charge in [-0.25, -0.2) is 0 Å². The molecule has 2 heterocycles. The van der Waals surface area contributed by atoms with Gasteiger partial charge in [-0.1, -0.05) is 12.1 Å². The van der Waals surface area contributed by atoms with Crippen LogP contribution in [0.5, 0.6) is 0 Å². The van der Waals surface area contributed by atoms with E-state index in [0.717, 1.165) is 30.2 Å². The van der Waals surface area contributed by atoms with Crippen LogP contribution in [-0.2, 0) is 11.8 Å². The molecule has 98 valence electrons. The number of benzene rings is 1. The molecule has 19 heavy (non-hydrogen) atoms.